The number of rotatable bonds is 1. The van der Waals surface area contributed by atoms with Gasteiger partial charge < -0.3 is 0 Å². The first-order chi connectivity index (χ1) is 5.25. The number of pyridine rings is 1. The summed E-state index contributed by atoms with van der Waals surface area (Å²) in [6.45, 7) is 1.85. The van der Waals surface area contributed by atoms with Crippen molar-refractivity contribution in [3.8, 4) is 6.07 Å². The van der Waals surface area contributed by atoms with Crippen LogP contribution in [0.15, 0.2) is 22.9 Å². The van der Waals surface area contributed by atoms with E-state index < -0.39 is 0 Å². The van der Waals surface area contributed by atoms with Crippen LogP contribution in [-0.2, 0) is 0 Å². The van der Waals surface area contributed by atoms with Gasteiger partial charge in [-0.3, -0.25) is 4.98 Å². The predicted octanol–water partition coefficient (Wildman–Crippen LogP) is 2.47. The normalized spacial score (nSPS) is 12.1. The molecule has 1 aromatic rings. The van der Waals surface area contributed by atoms with Crippen LogP contribution >= 0.6 is 15.9 Å². The highest BCUT2D eigenvalue weighted by atomic mass is 79.9. The van der Waals surface area contributed by atoms with E-state index in [1.807, 2.05) is 13.0 Å². The molecule has 0 aliphatic heterocycles. The quantitative estimate of drug-likeness (QED) is 0.715. The van der Waals surface area contributed by atoms with Crippen molar-refractivity contribution in [1.29, 1.82) is 5.26 Å². The molecule has 0 spiro atoms. The average molecular weight is 211 g/mol. The molecule has 0 amide bonds. The van der Waals surface area contributed by atoms with Crippen LogP contribution in [0.3, 0.4) is 0 Å². The van der Waals surface area contributed by atoms with Gasteiger partial charge in [0.2, 0.25) is 0 Å². The molecule has 3 heteroatoms. The number of aromatic nitrogens is 1. The van der Waals surface area contributed by atoms with Gasteiger partial charge in [-0.1, -0.05) is 15.9 Å². The lowest BCUT2D eigenvalue weighted by Crippen LogP contribution is -1.91. The van der Waals surface area contributed by atoms with E-state index >= 15 is 0 Å². The summed E-state index contributed by atoms with van der Waals surface area (Å²) in [4.78, 5) is 3.93. The lowest BCUT2D eigenvalue weighted by atomic mass is 10.1. The van der Waals surface area contributed by atoms with Crippen molar-refractivity contribution in [3.05, 3.63) is 28.5 Å². The van der Waals surface area contributed by atoms with E-state index in [-0.39, 0.29) is 5.92 Å². The third-order valence-corrected chi connectivity index (χ3v) is 2.18. The van der Waals surface area contributed by atoms with Crippen molar-refractivity contribution >= 4 is 15.9 Å². The number of hydrogen-bond donors (Lipinski definition) is 0. The van der Waals surface area contributed by atoms with Crippen LogP contribution in [0.2, 0.25) is 0 Å². The van der Waals surface area contributed by atoms with Crippen molar-refractivity contribution in [2.24, 2.45) is 0 Å². The molecule has 0 aromatic carbocycles. The van der Waals surface area contributed by atoms with Gasteiger partial charge in [-0.2, -0.15) is 5.26 Å². The molecule has 0 aliphatic carbocycles. The third-order valence-electron chi connectivity index (χ3n) is 1.46. The number of nitriles is 1. The van der Waals surface area contributed by atoms with Gasteiger partial charge in [-0.15, -0.1) is 0 Å². The van der Waals surface area contributed by atoms with Crippen LogP contribution in [0.5, 0.6) is 0 Å². The van der Waals surface area contributed by atoms with Gasteiger partial charge in [-0.25, -0.2) is 0 Å². The second-order valence-electron chi connectivity index (χ2n) is 2.25. The van der Waals surface area contributed by atoms with Gasteiger partial charge >= 0.3 is 0 Å². The molecule has 2 nitrogen and oxygen atoms in total. The Morgan fingerprint density at radius 3 is 3.00 bits per heavy atom. The zero-order chi connectivity index (χ0) is 8.27. The SMILES string of the molecule is CC(C#N)c1cnccc1Br. The topological polar surface area (TPSA) is 36.7 Å². The Balaban J connectivity index is 3.05. The molecule has 0 fully saturated rings. The highest BCUT2D eigenvalue weighted by Crippen LogP contribution is 2.22. The van der Waals surface area contributed by atoms with E-state index in [0.717, 1.165) is 10.0 Å². The molecule has 0 saturated carbocycles. The van der Waals surface area contributed by atoms with Crippen LogP contribution in [0.1, 0.15) is 18.4 Å². The van der Waals surface area contributed by atoms with Crippen LogP contribution in [0.4, 0.5) is 0 Å². The summed E-state index contributed by atoms with van der Waals surface area (Å²) < 4.78 is 0.946. The lowest BCUT2D eigenvalue weighted by Gasteiger charge is -2.02. The zero-order valence-corrected chi connectivity index (χ0v) is 7.67. The summed E-state index contributed by atoms with van der Waals surface area (Å²) in [5, 5.41) is 8.61. The minimum atomic E-state index is -0.0990. The Labute approximate surface area is 74.0 Å². The van der Waals surface area contributed by atoms with Crippen LogP contribution in [0.25, 0.3) is 0 Å². The van der Waals surface area contributed by atoms with E-state index in [1.165, 1.54) is 0 Å². The molecule has 1 unspecified atom stereocenters. The summed E-state index contributed by atoms with van der Waals surface area (Å²) in [5.41, 5.74) is 0.940. The lowest BCUT2D eigenvalue weighted by molar-refractivity contribution is 0.958. The first-order valence-corrected chi connectivity index (χ1v) is 4.04. The van der Waals surface area contributed by atoms with Gasteiger partial charge in [0.1, 0.15) is 0 Å². The molecule has 0 radical (unpaired) electrons. The molecule has 0 bridgehead atoms. The molecule has 0 saturated heterocycles. The van der Waals surface area contributed by atoms with E-state index in [9.17, 15) is 0 Å². The van der Waals surface area contributed by atoms with Gasteiger partial charge in [0.05, 0.1) is 12.0 Å². The van der Waals surface area contributed by atoms with Crippen molar-refractivity contribution in [2.75, 3.05) is 0 Å². The van der Waals surface area contributed by atoms with Crippen molar-refractivity contribution in [1.82, 2.24) is 4.98 Å². The summed E-state index contributed by atoms with van der Waals surface area (Å²) in [7, 11) is 0. The Bertz CT molecular complexity index is 290. The van der Waals surface area contributed by atoms with Crippen molar-refractivity contribution in [3.63, 3.8) is 0 Å². The van der Waals surface area contributed by atoms with Gasteiger partial charge in [-0.05, 0) is 13.0 Å². The van der Waals surface area contributed by atoms with Crippen molar-refractivity contribution < 1.29 is 0 Å². The first kappa shape index (κ1) is 8.22. The number of halogens is 1. The van der Waals surface area contributed by atoms with Gasteiger partial charge in [0.15, 0.2) is 0 Å². The Morgan fingerprint density at radius 1 is 1.73 bits per heavy atom. The van der Waals surface area contributed by atoms with E-state index in [2.05, 4.69) is 27.0 Å². The second kappa shape index (κ2) is 3.49. The van der Waals surface area contributed by atoms with Crippen LogP contribution in [0, 0.1) is 11.3 Å². The smallest absolute Gasteiger partial charge is 0.0710 e. The third kappa shape index (κ3) is 1.78. The molecule has 1 heterocycles. The molecule has 0 aliphatic rings. The standard InChI is InChI=1S/C8H7BrN2/c1-6(4-10)7-5-11-3-2-8(7)9/h2-3,5-6H,1H3. The summed E-state index contributed by atoms with van der Waals surface area (Å²) in [5.74, 6) is -0.0990. The first-order valence-electron chi connectivity index (χ1n) is 3.24. The van der Waals surface area contributed by atoms with E-state index in [0.29, 0.717) is 0 Å². The van der Waals surface area contributed by atoms with Gasteiger partial charge in [0.25, 0.3) is 0 Å². The fourth-order valence-corrected chi connectivity index (χ4v) is 1.34. The second-order valence-corrected chi connectivity index (χ2v) is 3.10. The monoisotopic (exact) mass is 210 g/mol. The van der Waals surface area contributed by atoms with Crippen molar-refractivity contribution in [2.45, 2.75) is 12.8 Å². The summed E-state index contributed by atoms with van der Waals surface area (Å²) in [6, 6.07) is 3.99. The number of nitrogens with zero attached hydrogens (tertiary/aromatic N) is 2. The Hall–Kier alpha value is -0.880. The molecule has 1 rings (SSSR count). The molecular weight excluding hydrogens is 204 g/mol. The zero-order valence-electron chi connectivity index (χ0n) is 6.08. The Kier molecular flexibility index (Phi) is 2.61. The van der Waals surface area contributed by atoms with E-state index in [1.54, 1.807) is 12.4 Å². The molecule has 11 heavy (non-hydrogen) atoms. The summed E-state index contributed by atoms with van der Waals surface area (Å²) in [6.07, 6.45) is 3.40. The van der Waals surface area contributed by atoms with Crippen LogP contribution in [-0.4, -0.2) is 4.98 Å². The maximum atomic E-state index is 8.61. The van der Waals surface area contributed by atoms with E-state index in [4.69, 9.17) is 5.26 Å². The van der Waals surface area contributed by atoms with Gasteiger partial charge in [0, 0.05) is 22.4 Å². The summed E-state index contributed by atoms with van der Waals surface area (Å²) >= 11 is 3.35. The Morgan fingerprint density at radius 2 is 2.45 bits per heavy atom. The predicted molar refractivity (Wildman–Crippen MR) is 46.0 cm³/mol. The maximum Gasteiger partial charge on any atom is 0.0710 e. The average Bonchev–Trinajstić information content (AvgIpc) is 2.04. The fraction of sp³-hybridized carbons (Fsp3) is 0.250. The number of hydrogen-bond acceptors (Lipinski definition) is 2. The highest BCUT2D eigenvalue weighted by Gasteiger charge is 2.06. The molecule has 0 N–H and O–H groups in total. The fourth-order valence-electron chi connectivity index (χ4n) is 0.778. The molecule has 1 atom stereocenters. The minimum Gasteiger partial charge on any atom is -0.264 e. The molecular formula is C8H7BrN2. The maximum absolute atomic E-state index is 8.61. The molecule has 1 aromatic heterocycles. The van der Waals surface area contributed by atoms with Crippen LogP contribution < -0.4 is 0 Å². The molecule has 56 valence electrons. The largest absolute Gasteiger partial charge is 0.264 e. The highest BCUT2D eigenvalue weighted by molar-refractivity contribution is 9.10. The minimum absolute atomic E-state index is 0.0990.